The Bertz CT molecular complexity index is 958. The Balaban J connectivity index is 1.53. The van der Waals surface area contributed by atoms with Crippen LogP contribution in [0.2, 0.25) is 5.02 Å². The van der Waals surface area contributed by atoms with Crippen LogP contribution in [0.15, 0.2) is 77.9 Å². The molecule has 0 saturated heterocycles. The molecule has 0 saturated carbocycles. The molecule has 1 amide bonds. The predicted octanol–water partition coefficient (Wildman–Crippen LogP) is 4.82. The lowest BCUT2D eigenvalue weighted by atomic mass is 10.2. The van der Waals surface area contributed by atoms with E-state index in [2.05, 4.69) is 10.5 Å². The molecule has 0 unspecified atom stereocenters. The lowest BCUT2D eigenvalue weighted by molar-refractivity contribution is 0.0954. The van der Waals surface area contributed by atoms with Gasteiger partial charge in [0.2, 0.25) is 0 Å². The average molecular weight is 383 g/mol. The van der Waals surface area contributed by atoms with Crippen molar-refractivity contribution in [2.75, 3.05) is 0 Å². The van der Waals surface area contributed by atoms with Gasteiger partial charge in [-0.3, -0.25) is 4.79 Å². The van der Waals surface area contributed by atoms with Crippen molar-refractivity contribution in [3.05, 3.63) is 100 Å². The molecule has 0 radical (unpaired) electrons. The molecule has 0 atom stereocenters. The number of halogens is 2. The highest BCUT2D eigenvalue weighted by Gasteiger charge is 2.04. The number of nitrogens with one attached hydrogen (secondary N) is 1. The highest BCUT2D eigenvalue weighted by Crippen LogP contribution is 2.18. The number of hydrazone groups is 1. The summed E-state index contributed by atoms with van der Waals surface area (Å²) in [7, 11) is 0. The summed E-state index contributed by atoms with van der Waals surface area (Å²) in [6.45, 7) is 0.372. The first-order valence-electron chi connectivity index (χ1n) is 8.17. The van der Waals surface area contributed by atoms with Crippen molar-refractivity contribution in [3.63, 3.8) is 0 Å². The highest BCUT2D eigenvalue weighted by atomic mass is 35.5. The van der Waals surface area contributed by atoms with Crippen molar-refractivity contribution in [3.8, 4) is 5.75 Å². The van der Waals surface area contributed by atoms with E-state index >= 15 is 0 Å². The smallest absolute Gasteiger partial charge is 0.271 e. The maximum Gasteiger partial charge on any atom is 0.271 e. The van der Waals surface area contributed by atoms with Gasteiger partial charge in [-0.15, -0.1) is 0 Å². The first-order valence-corrected chi connectivity index (χ1v) is 8.55. The predicted molar refractivity (Wildman–Crippen MR) is 104 cm³/mol. The molecule has 6 heteroatoms. The van der Waals surface area contributed by atoms with Gasteiger partial charge in [-0.2, -0.15) is 5.10 Å². The number of carbonyl (C=O) groups is 1. The van der Waals surface area contributed by atoms with Crippen molar-refractivity contribution in [2.45, 2.75) is 6.61 Å². The van der Waals surface area contributed by atoms with E-state index in [-0.39, 0.29) is 5.56 Å². The molecule has 27 heavy (non-hydrogen) atoms. The topological polar surface area (TPSA) is 50.7 Å². The lowest BCUT2D eigenvalue weighted by Crippen LogP contribution is -2.17. The maximum absolute atomic E-state index is 13.1. The Kier molecular flexibility index (Phi) is 6.18. The van der Waals surface area contributed by atoms with Crippen molar-refractivity contribution >= 4 is 23.7 Å². The first-order chi connectivity index (χ1) is 13.1. The zero-order valence-corrected chi connectivity index (χ0v) is 15.0. The molecule has 0 heterocycles. The third-order valence-corrected chi connectivity index (χ3v) is 4.07. The van der Waals surface area contributed by atoms with E-state index in [0.717, 1.165) is 17.2 Å². The number of carbonyl (C=O) groups excluding carboxylic acids is 1. The van der Waals surface area contributed by atoms with E-state index in [1.165, 1.54) is 24.4 Å². The summed E-state index contributed by atoms with van der Waals surface area (Å²) in [5.74, 6) is -0.264. The maximum atomic E-state index is 13.1. The fourth-order valence-electron chi connectivity index (χ4n) is 2.29. The SMILES string of the molecule is O=C(N/N=C\c1ccc(OCc2ccccc2Cl)cc1)c1cccc(F)c1. The number of hydrogen-bond donors (Lipinski definition) is 1. The summed E-state index contributed by atoms with van der Waals surface area (Å²) in [5, 5.41) is 4.54. The van der Waals surface area contributed by atoms with Crippen molar-refractivity contribution < 1.29 is 13.9 Å². The van der Waals surface area contributed by atoms with Gasteiger partial charge >= 0.3 is 0 Å². The van der Waals surface area contributed by atoms with Gasteiger partial charge in [0.05, 0.1) is 6.21 Å². The van der Waals surface area contributed by atoms with Crippen LogP contribution in [0.25, 0.3) is 0 Å². The summed E-state index contributed by atoms with van der Waals surface area (Å²) < 4.78 is 18.8. The van der Waals surface area contributed by atoms with Crippen LogP contribution in [0.1, 0.15) is 21.5 Å². The van der Waals surface area contributed by atoms with Crippen LogP contribution < -0.4 is 10.2 Å². The molecular formula is C21H16ClFN2O2. The second-order valence-electron chi connectivity index (χ2n) is 5.66. The molecule has 3 aromatic carbocycles. The minimum Gasteiger partial charge on any atom is -0.489 e. The third kappa shape index (κ3) is 5.39. The second-order valence-corrected chi connectivity index (χ2v) is 6.07. The van der Waals surface area contributed by atoms with Crippen LogP contribution in [-0.4, -0.2) is 12.1 Å². The number of hydrogen-bond acceptors (Lipinski definition) is 3. The highest BCUT2D eigenvalue weighted by molar-refractivity contribution is 6.31. The Labute approximate surface area is 161 Å². The third-order valence-electron chi connectivity index (χ3n) is 3.70. The van der Waals surface area contributed by atoms with E-state index in [4.69, 9.17) is 16.3 Å². The molecule has 3 aromatic rings. The number of amides is 1. The second kappa shape index (κ2) is 8.96. The quantitative estimate of drug-likeness (QED) is 0.490. The van der Waals surface area contributed by atoms with Gasteiger partial charge < -0.3 is 4.74 Å². The minimum atomic E-state index is -0.481. The fraction of sp³-hybridized carbons (Fsp3) is 0.0476. The van der Waals surface area contributed by atoms with E-state index in [9.17, 15) is 9.18 Å². The zero-order chi connectivity index (χ0) is 19.1. The van der Waals surface area contributed by atoms with E-state index in [0.29, 0.717) is 17.4 Å². The van der Waals surface area contributed by atoms with Gasteiger partial charge in [-0.25, -0.2) is 9.82 Å². The van der Waals surface area contributed by atoms with Crippen LogP contribution in [0.5, 0.6) is 5.75 Å². The molecule has 0 fully saturated rings. The van der Waals surface area contributed by atoms with Crippen LogP contribution in [0.4, 0.5) is 4.39 Å². The molecule has 1 N–H and O–H groups in total. The van der Waals surface area contributed by atoms with Gasteiger partial charge in [0.25, 0.3) is 5.91 Å². The van der Waals surface area contributed by atoms with Crippen LogP contribution in [0.3, 0.4) is 0 Å². The molecule has 0 spiro atoms. The van der Waals surface area contributed by atoms with Gasteiger partial charge in [-0.1, -0.05) is 35.9 Å². The van der Waals surface area contributed by atoms with Crippen LogP contribution >= 0.6 is 11.6 Å². The summed E-state index contributed by atoms with van der Waals surface area (Å²) in [4.78, 5) is 11.9. The molecular weight excluding hydrogens is 367 g/mol. The lowest BCUT2D eigenvalue weighted by Gasteiger charge is -2.07. The van der Waals surface area contributed by atoms with Crippen molar-refractivity contribution in [1.82, 2.24) is 5.43 Å². The van der Waals surface area contributed by atoms with Gasteiger partial charge in [0.1, 0.15) is 18.2 Å². The number of rotatable bonds is 6. The van der Waals surface area contributed by atoms with Crippen LogP contribution in [0, 0.1) is 5.82 Å². The molecule has 0 aromatic heterocycles. The van der Waals surface area contributed by atoms with Gasteiger partial charge in [0.15, 0.2) is 0 Å². The number of benzene rings is 3. The monoisotopic (exact) mass is 382 g/mol. The van der Waals surface area contributed by atoms with E-state index in [1.54, 1.807) is 24.3 Å². The van der Waals surface area contributed by atoms with Crippen molar-refractivity contribution in [2.24, 2.45) is 5.10 Å². The zero-order valence-electron chi connectivity index (χ0n) is 14.2. The number of ether oxygens (including phenoxy) is 1. The van der Waals surface area contributed by atoms with Crippen LogP contribution in [-0.2, 0) is 6.61 Å². The molecule has 0 aliphatic heterocycles. The Morgan fingerprint density at radius 1 is 1.07 bits per heavy atom. The molecule has 0 aliphatic rings. The summed E-state index contributed by atoms with van der Waals surface area (Å²) >= 11 is 6.10. The summed E-state index contributed by atoms with van der Waals surface area (Å²) in [6.07, 6.45) is 1.50. The molecule has 4 nitrogen and oxygen atoms in total. The van der Waals surface area contributed by atoms with Crippen molar-refractivity contribution in [1.29, 1.82) is 0 Å². The van der Waals surface area contributed by atoms with E-state index in [1.807, 2.05) is 24.3 Å². The molecule has 3 rings (SSSR count). The standard InChI is InChI=1S/C21H16ClFN2O2/c22-20-7-2-1-4-17(20)14-27-19-10-8-15(9-11-19)13-24-25-21(26)16-5-3-6-18(23)12-16/h1-13H,14H2,(H,25,26)/b24-13-. The normalized spacial score (nSPS) is 10.7. The molecule has 0 bridgehead atoms. The number of nitrogens with zero attached hydrogens (tertiary/aromatic N) is 1. The summed E-state index contributed by atoms with van der Waals surface area (Å²) in [5.41, 5.74) is 4.25. The Hall–Kier alpha value is -3.18. The van der Waals surface area contributed by atoms with Gasteiger partial charge in [0, 0.05) is 16.1 Å². The molecule has 136 valence electrons. The first kappa shape index (κ1) is 18.6. The Morgan fingerprint density at radius 2 is 1.85 bits per heavy atom. The van der Waals surface area contributed by atoms with E-state index < -0.39 is 11.7 Å². The minimum absolute atomic E-state index is 0.204. The molecule has 0 aliphatic carbocycles. The fourth-order valence-corrected chi connectivity index (χ4v) is 2.48. The van der Waals surface area contributed by atoms with Gasteiger partial charge in [-0.05, 0) is 54.1 Å². The Morgan fingerprint density at radius 3 is 2.59 bits per heavy atom. The average Bonchev–Trinajstić information content (AvgIpc) is 2.68. The largest absolute Gasteiger partial charge is 0.489 e. The summed E-state index contributed by atoms with van der Waals surface area (Å²) in [6, 6.07) is 20.1.